The van der Waals surface area contributed by atoms with Crippen LogP contribution < -0.4 is 15.4 Å². The van der Waals surface area contributed by atoms with E-state index in [1.54, 1.807) is 10.7 Å². The first-order valence-corrected chi connectivity index (χ1v) is 9.48. The van der Waals surface area contributed by atoms with Crippen LogP contribution in [0.25, 0.3) is 0 Å². The Morgan fingerprint density at radius 1 is 1.44 bits per heavy atom. The summed E-state index contributed by atoms with van der Waals surface area (Å²) in [7, 11) is -1.94. The summed E-state index contributed by atoms with van der Waals surface area (Å²) in [6, 6.07) is 6.51. The van der Waals surface area contributed by atoms with E-state index in [0.717, 1.165) is 31.6 Å². The van der Waals surface area contributed by atoms with Gasteiger partial charge in [0.1, 0.15) is 6.07 Å². The number of benzene rings is 1. The summed E-state index contributed by atoms with van der Waals surface area (Å²) in [5.74, 6) is 0. The summed E-state index contributed by atoms with van der Waals surface area (Å²) < 4.78 is 24.6. The van der Waals surface area contributed by atoms with Crippen molar-refractivity contribution in [2.24, 2.45) is 12.2 Å². The number of hydrogen-bond acceptors (Lipinski definition) is 6. The Hall–Kier alpha value is -2.57. The van der Waals surface area contributed by atoms with Crippen LogP contribution >= 0.6 is 0 Å². The smallest absolute Gasteiger partial charge is 0.238 e. The van der Waals surface area contributed by atoms with Crippen molar-refractivity contribution in [1.29, 1.82) is 5.26 Å². The molecule has 1 atom stereocenters. The van der Waals surface area contributed by atoms with Gasteiger partial charge < -0.3 is 10.2 Å². The summed E-state index contributed by atoms with van der Waals surface area (Å²) in [6.45, 7) is 1.74. The molecule has 8 nitrogen and oxygen atoms in total. The standard InChI is InChI=1S/C16H20N6O2S/c1-21-11-14(9-19-21)22-6-2-3-13(10-22)20-16-5-4-15(25(18,23)24)7-12(16)8-17/h4-5,7,9,11,13,20H,2-3,6,10H2,1H3,(H2,18,23,24). The van der Waals surface area contributed by atoms with Crippen molar-refractivity contribution < 1.29 is 8.42 Å². The van der Waals surface area contributed by atoms with Gasteiger partial charge in [0.15, 0.2) is 0 Å². The number of rotatable bonds is 4. The third-order valence-electron chi connectivity index (χ3n) is 4.28. The summed E-state index contributed by atoms with van der Waals surface area (Å²) in [4.78, 5) is 2.19. The van der Waals surface area contributed by atoms with E-state index in [0.29, 0.717) is 5.69 Å². The van der Waals surface area contributed by atoms with Gasteiger partial charge >= 0.3 is 0 Å². The largest absolute Gasteiger partial charge is 0.379 e. The van der Waals surface area contributed by atoms with Gasteiger partial charge in [0, 0.05) is 32.4 Å². The number of nitriles is 1. The normalized spacial score (nSPS) is 18.0. The maximum Gasteiger partial charge on any atom is 0.238 e. The lowest BCUT2D eigenvalue weighted by Crippen LogP contribution is -2.42. The van der Waals surface area contributed by atoms with Crippen LogP contribution in [0.15, 0.2) is 35.5 Å². The first-order valence-electron chi connectivity index (χ1n) is 7.94. The van der Waals surface area contributed by atoms with Crippen LogP contribution in [-0.4, -0.2) is 37.3 Å². The second-order valence-corrected chi connectivity index (χ2v) is 7.73. The van der Waals surface area contributed by atoms with Gasteiger partial charge in [-0.25, -0.2) is 13.6 Å². The van der Waals surface area contributed by atoms with Gasteiger partial charge in [-0.3, -0.25) is 4.68 Å². The molecule has 132 valence electrons. The lowest BCUT2D eigenvalue weighted by molar-refractivity contribution is 0.530. The quantitative estimate of drug-likeness (QED) is 0.841. The molecule has 1 unspecified atom stereocenters. The Bertz CT molecular complexity index is 915. The molecule has 0 radical (unpaired) electrons. The molecule has 0 spiro atoms. The molecule has 1 fully saturated rings. The molecule has 1 aromatic heterocycles. The number of piperidine rings is 1. The zero-order valence-corrected chi connectivity index (χ0v) is 14.7. The van der Waals surface area contributed by atoms with Crippen molar-refractivity contribution in [2.45, 2.75) is 23.8 Å². The van der Waals surface area contributed by atoms with E-state index in [-0.39, 0.29) is 16.5 Å². The maximum atomic E-state index is 11.4. The van der Waals surface area contributed by atoms with Crippen molar-refractivity contribution in [2.75, 3.05) is 23.3 Å². The first-order chi connectivity index (χ1) is 11.9. The number of sulfonamides is 1. The molecule has 3 rings (SSSR count). The molecule has 3 N–H and O–H groups in total. The number of nitrogens with one attached hydrogen (secondary N) is 1. The Kier molecular flexibility index (Phi) is 4.65. The van der Waals surface area contributed by atoms with E-state index in [4.69, 9.17) is 5.14 Å². The van der Waals surface area contributed by atoms with Crippen LogP contribution in [-0.2, 0) is 17.1 Å². The molecule has 1 aliphatic rings. The fraction of sp³-hybridized carbons (Fsp3) is 0.375. The summed E-state index contributed by atoms with van der Waals surface area (Å²) in [5, 5.41) is 22.0. The van der Waals surface area contributed by atoms with Crippen molar-refractivity contribution in [1.82, 2.24) is 9.78 Å². The number of nitrogens with zero attached hydrogens (tertiary/aromatic N) is 4. The highest BCUT2D eigenvalue weighted by molar-refractivity contribution is 7.89. The van der Waals surface area contributed by atoms with Crippen LogP contribution in [0.4, 0.5) is 11.4 Å². The van der Waals surface area contributed by atoms with Gasteiger partial charge in [0.25, 0.3) is 0 Å². The molecule has 2 aromatic rings. The van der Waals surface area contributed by atoms with Gasteiger partial charge in [-0.15, -0.1) is 0 Å². The van der Waals surface area contributed by atoms with E-state index in [2.05, 4.69) is 15.3 Å². The Labute approximate surface area is 146 Å². The third kappa shape index (κ3) is 3.92. The zero-order chi connectivity index (χ0) is 18.0. The van der Waals surface area contributed by atoms with Crippen LogP contribution in [0.5, 0.6) is 0 Å². The van der Waals surface area contributed by atoms with E-state index in [1.807, 2.05) is 25.5 Å². The molecule has 0 bridgehead atoms. The fourth-order valence-electron chi connectivity index (χ4n) is 3.04. The van der Waals surface area contributed by atoms with Gasteiger partial charge in [-0.2, -0.15) is 10.4 Å². The van der Waals surface area contributed by atoms with Crippen molar-refractivity contribution in [3.05, 3.63) is 36.2 Å². The average Bonchev–Trinajstić information content (AvgIpc) is 3.01. The molecular formula is C16H20N6O2S. The Morgan fingerprint density at radius 2 is 2.24 bits per heavy atom. The summed E-state index contributed by atoms with van der Waals surface area (Å²) in [6.07, 6.45) is 5.80. The van der Waals surface area contributed by atoms with Crippen LogP contribution in [0.1, 0.15) is 18.4 Å². The fourth-order valence-corrected chi connectivity index (χ4v) is 3.58. The average molecular weight is 360 g/mol. The molecule has 0 saturated carbocycles. The Morgan fingerprint density at radius 3 is 2.88 bits per heavy atom. The lowest BCUT2D eigenvalue weighted by Gasteiger charge is -2.34. The highest BCUT2D eigenvalue weighted by Crippen LogP contribution is 2.24. The monoisotopic (exact) mass is 360 g/mol. The molecule has 2 heterocycles. The van der Waals surface area contributed by atoms with Crippen LogP contribution in [0.2, 0.25) is 0 Å². The molecule has 0 aliphatic carbocycles. The van der Waals surface area contributed by atoms with Crippen LogP contribution in [0.3, 0.4) is 0 Å². The van der Waals surface area contributed by atoms with Gasteiger partial charge in [-0.1, -0.05) is 0 Å². The maximum absolute atomic E-state index is 11.4. The lowest BCUT2D eigenvalue weighted by atomic mass is 10.0. The van der Waals surface area contributed by atoms with Crippen LogP contribution in [0, 0.1) is 11.3 Å². The van der Waals surface area contributed by atoms with Crippen molar-refractivity contribution in [3.8, 4) is 6.07 Å². The summed E-state index contributed by atoms with van der Waals surface area (Å²) in [5.41, 5.74) is 1.96. The number of anilines is 2. The summed E-state index contributed by atoms with van der Waals surface area (Å²) >= 11 is 0. The molecule has 1 saturated heterocycles. The highest BCUT2D eigenvalue weighted by atomic mass is 32.2. The molecular weight excluding hydrogens is 340 g/mol. The number of hydrogen-bond donors (Lipinski definition) is 2. The minimum Gasteiger partial charge on any atom is -0.379 e. The van der Waals surface area contributed by atoms with E-state index < -0.39 is 10.0 Å². The first kappa shape index (κ1) is 17.3. The second kappa shape index (κ2) is 6.74. The molecule has 1 aliphatic heterocycles. The van der Waals surface area contributed by atoms with Crippen molar-refractivity contribution in [3.63, 3.8) is 0 Å². The van der Waals surface area contributed by atoms with Crippen molar-refractivity contribution >= 4 is 21.4 Å². The van der Waals surface area contributed by atoms with E-state index in [9.17, 15) is 13.7 Å². The number of aryl methyl sites for hydroxylation is 1. The van der Waals surface area contributed by atoms with Gasteiger partial charge in [0.2, 0.25) is 10.0 Å². The number of nitrogens with two attached hydrogens (primary N) is 1. The third-order valence-corrected chi connectivity index (χ3v) is 5.19. The topological polar surface area (TPSA) is 117 Å². The molecule has 1 aromatic carbocycles. The number of primary sulfonamides is 1. The molecule has 9 heteroatoms. The second-order valence-electron chi connectivity index (χ2n) is 6.17. The predicted octanol–water partition coefficient (Wildman–Crippen LogP) is 1.02. The minimum atomic E-state index is -3.82. The predicted molar refractivity (Wildman–Crippen MR) is 94.6 cm³/mol. The highest BCUT2D eigenvalue weighted by Gasteiger charge is 2.22. The number of aromatic nitrogens is 2. The Balaban J connectivity index is 1.77. The minimum absolute atomic E-state index is 0.0600. The van der Waals surface area contributed by atoms with Gasteiger partial charge in [0.05, 0.1) is 28.0 Å². The molecule has 25 heavy (non-hydrogen) atoms. The van der Waals surface area contributed by atoms with E-state index >= 15 is 0 Å². The van der Waals surface area contributed by atoms with E-state index in [1.165, 1.54) is 12.1 Å². The zero-order valence-electron chi connectivity index (χ0n) is 13.9. The molecule has 0 amide bonds. The SMILES string of the molecule is Cn1cc(N2CCCC(Nc3ccc(S(N)(=O)=O)cc3C#N)C2)cn1. The van der Waals surface area contributed by atoms with Gasteiger partial charge in [-0.05, 0) is 31.0 Å².